The summed E-state index contributed by atoms with van der Waals surface area (Å²) < 4.78 is 0. The number of amides is 1. The van der Waals surface area contributed by atoms with Gasteiger partial charge in [-0.25, -0.2) is 0 Å². The first-order valence-electron chi connectivity index (χ1n) is 5.16. The summed E-state index contributed by atoms with van der Waals surface area (Å²) >= 11 is 0. The molecule has 0 aliphatic carbocycles. The predicted molar refractivity (Wildman–Crippen MR) is 59.8 cm³/mol. The molecule has 0 fully saturated rings. The minimum absolute atomic E-state index is 0.0723. The van der Waals surface area contributed by atoms with Crippen LogP contribution in [-0.4, -0.2) is 12.5 Å². The van der Waals surface area contributed by atoms with E-state index >= 15 is 0 Å². The first-order chi connectivity index (χ1) is 6.45. The number of hydrogen-bond donors (Lipinski definition) is 1. The molecule has 0 aliphatic rings. The average molecular weight is 195 g/mol. The van der Waals surface area contributed by atoms with Gasteiger partial charge in [0.1, 0.15) is 0 Å². The van der Waals surface area contributed by atoms with Gasteiger partial charge in [0, 0.05) is 19.4 Å². The zero-order valence-electron chi connectivity index (χ0n) is 9.52. The van der Waals surface area contributed by atoms with Crippen LogP contribution in [0.4, 0.5) is 0 Å². The molecule has 0 spiro atoms. The molecule has 0 bridgehead atoms. The molecule has 0 unspecified atom stereocenters. The van der Waals surface area contributed by atoms with Crippen LogP contribution in [0, 0.1) is 17.8 Å². The molecule has 0 saturated heterocycles. The molecule has 14 heavy (non-hydrogen) atoms. The van der Waals surface area contributed by atoms with Crippen LogP contribution in [0.25, 0.3) is 0 Å². The van der Waals surface area contributed by atoms with Gasteiger partial charge in [-0.1, -0.05) is 20.8 Å². The third kappa shape index (κ3) is 9.12. The smallest absolute Gasteiger partial charge is 0.220 e. The van der Waals surface area contributed by atoms with Gasteiger partial charge in [-0.2, -0.15) is 0 Å². The van der Waals surface area contributed by atoms with E-state index in [9.17, 15) is 4.79 Å². The number of terminal acetylenes is 1. The van der Waals surface area contributed by atoms with Crippen molar-refractivity contribution < 1.29 is 4.79 Å². The van der Waals surface area contributed by atoms with Gasteiger partial charge in [0.05, 0.1) is 0 Å². The highest BCUT2D eigenvalue weighted by molar-refractivity contribution is 5.76. The lowest BCUT2D eigenvalue weighted by Crippen LogP contribution is -2.28. The Morgan fingerprint density at radius 1 is 1.36 bits per heavy atom. The second-order valence-electron chi connectivity index (χ2n) is 4.75. The molecule has 0 aromatic heterocycles. The fourth-order valence-corrected chi connectivity index (χ4v) is 1.12. The second-order valence-corrected chi connectivity index (χ2v) is 4.75. The van der Waals surface area contributed by atoms with Crippen molar-refractivity contribution in [2.45, 2.75) is 46.5 Å². The largest absolute Gasteiger partial charge is 0.356 e. The molecule has 1 amide bonds. The molecule has 0 aromatic carbocycles. The summed E-state index contributed by atoms with van der Waals surface area (Å²) in [4.78, 5) is 11.3. The van der Waals surface area contributed by atoms with Crippen molar-refractivity contribution in [3.05, 3.63) is 0 Å². The number of rotatable bonds is 5. The van der Waals surface area contributed by atoms with E-state index in [1.54, 1.807) is 0 Å². The zero-order valence-corrected chi connectivity index (χ0v) is 9.52. The van der Waals surface area contributed by atoms with Crippen molar-refractivity contribution in [2.75, 3.05) is 6.54 Å². The lowest BCUT2D eigenvalue weighted by Gasteiger charge is -2.17. The van der Waals surface area contributed by atoms with Crippen molar-refractivity contribution in [1.82, 2.24) is 5.32 Å². The van der Waals surface area contributed by atoms with E-state index in [-0.39, 0.29) is 11.3 Å². The summed E-state index contributed by atoms with van der Waals surface area (Å²) in [6.07, 6.45) is 8.47. The van der Waals surface area contributed by atoms with E-state index in [0.717, 1.165) is 25.8 Å². The lowest BCUT2D eigenvalue weighted by atomic mass is 9.92. The fourth-order valence-electron chi connectivity index (χ4n) is 1.12. The molecular weight excluding hydrogens is 174 g/mol. The monoisotopic (exact) mass is 195 g/mol. The Kier molecular flexibility index (Phi) is 6.03. The normalized spacial score (nSPS) is 10.7. The minimum Gasteiger partial charge on any atom is -0.356 e. The standard InChI is InChI=1S/C12H21NO/c1-5-6-7-8-9-13-11(14)10-12(2,3)4/h1H,6-10H2,2-4H3,(H,13,14). The van der Waals surface area contributed by atoms with E-state index < -0.39 is 0 Å². The van der Waals surface area contributed by atoms with Crippen LogP contribution in [0.2, 0.25) is 0 Å². The minimum atomic E-state index is 0.0723. The SMILES string of the molecule is C#CCCCCNC(=O)CC(C)(C)C. The van der Waals surface area contributed by atoms with Gasteiger partial charge in [-0.05, 0) is 18.3 Å². The molecule has 0 radical (unpaired) electrons. The molecule has 0 rings (SSSR count). The van der Waals surface area contributed by atoms with Crippen molar-refractivity contribution in [3.63, 3.8) is 0 Å². The van der Waals surface area contributed by atoms with E-state index in [4.69, 9.17) is 6.42 Å². The Morgan fingerprint density at radius 3 is 2.50 bits per heavy atom. The molecule has 0 aromatic rings. The number of nitrogens with one attached hydrogen (secondary N) is 1. The molecule has 80 valence electrons. The molecular formula is C12H21NO. The molecule has 0 atom stereocenters. The maximum atomic E-state index is 11.3. The first-order valence-corrected chi connectivity index (χ1v) is 5.16. The van der Waals surface area contributed by atoms with Gasteiger partial charge in [0.2, 0.25) is 5.91 Å². The van der Waals surface area contributed by atoms with Crippen LogP contribution in [0.3, 0.4) is 0 Å². The van der Waals surface area contributed by atoms with Gasteiger partial charge < -0.3 is 5.32 Å². The summed E-state index contributed by atoms with van der Waals surface area (Å²) in [6, 6.07) is 0. The Balaban J connectivity index is 3.42. The van der Waals surface area contributed by atoms with Crippen molar-refractivity contribution in [3.8, 4) is 12.3 Å². The second kappa shape index (κ2) is 6.48. The molecule has 2 heteroatoms. The van der Waals surface area contributed by atoms with Gasteiger partial charge in [0.25, 0.3) is 0 Å². The van der Waals surface area contributed by atoms with Crippen LogP contribution in [0.5, 0.6) is 0 Å². The van der Waals surface area contributed by atoms with Crippen LogP contribution in [0.1, 0.15) is 46.5 Å². The van der Waals surface area contributed by atoms with Crippen LogP contribution < -0.4 is 5.32 Å². The summed E-state index contributed by atoms with van der Waals surface area (Å²) in [5.41, 5.74) is 0.0723. The summed E-state index contributed by atoms with van der Waals surface area (Å²) in [5, 5.41) is 2.89. The van der Waals surface area contributed by atoms with Crippen molar-refractivity contribution in [2.24, 2.45) is 5.41 Å². The number of hydrogen-bond acceptors (Lipinski definition) is 1. The Hall–Kier alpha value is -0.970. The Morgan fingerprint density at radius 2 is 2.00 bits per heavy atom. The number of carbonyl (C=O) groups is 1. The quantitative estimate of drug-likeness (QED) is 0.529. The van der Waals surface area contributed by atoms with Crippen LogP contribution >= 0.6 is 0 Å². The third-order valence-electron chi connectivity index (χ3n) is 1.76. The molecule has 0 aliphatic heterocycles. The highest BCUT2D eigenvalue weighted by Gasteiger charge is 2.14. The topological polar surface area (TPSA) is 29.1 Å². The maximum absolute atomic E-state index is 11.3. The molecule has 2 nitrogen and oxygen atoms in total. The van der Waals surface area contributed by atoms with Gasteiger partial charge in [-0.15, -0.1) is 12.3 Å². The van der Waals surface area contributed by atoms with Gasteiger partial charge >= 0.3 is 0 Å². The van der Waals surface area contributed by atoms with E-state index in [0.29, 0.717) is 6.42 Å². The van der Waals surface area contributed by atoms with Crippen LogP contribution in [-0.2, 0) is 4.79 Å². The summed E-state index contributed by atoms with van der Waals surface area (Å²) in [7, 11) is 0. The van der Waals surface area contributed by atoms with E-state index in [1.165, 1.54) is 0 Å². The highest BCUT2D eigenvalue weighted by atomic mass is 16.1. The average Bonchev–Trinajstić information content (AvgIpc) is 2.00. The predicted octanol–water partition coefficient (Wildman–Crippen LogP) is 2.34. The first kappa shape index (κ1) is 13.0. The highest BCUT2D eigenvalue weighted by Crippen LogP contribution is 2.17. The summed E-state index contributed by atoms with van der Waals surface area (Å²) in [5.74, 6) is 2.72. The molecule has 1 N–H and O–H groups in total. The fraction of sp³-hybridized carbons (Fsp3) is 0.750. The van der Waals surface area contributed by atoms with Crippen molar-refractivity contribution in [1.29, 1.82) is 0 Å². The van der Waals surface area contributed by atoms with Gasteiger partial charge in [-0.3, -0.25) is 4.79 Å². The van der Waals surface area contributed by atoms with E-state index in [1.807, 2.05) is 0 Å². The summed E-state index contributed by atoms with van der Waals surface area (Å²) in [6.45, 7) is 6.93. The molecule has 0 saturated carbocycles. The number of unbranched alkanes of at least 4 members (excludes halogenated alkanes) is 2. The maximum Gasteiger partial charge on any atom is 0.220 e. The van der Waals surface area contributed by atoms with Crippen LogP contribution in [0.15, 0.2) is 0 Å². The third-order valence-corrected chi connectivity index (χ3v) is 1.76. The van der Waals surface area contributed by atoms with Crippen molar-refractivity contribution >= 4 is 5.91 Å². The number of carbonyl (C=O) groups excluding carboxylic acids is 1. The Bertz CT molecular complexity index is 207. The zero-order chi connectivity index (χ0) is 11.0. The Labute approximate surface area is 87.5 Å². The molecule has 0 heterocycles. The lowest BCUT2D eigenvalue weighted by molar-refractivity contribution is -0.122. The van der Waals surface area contributed by atoms with Gasteiger partial charge in [0.15, 0.2) is 0 Å². The van der Waals surface area contributed by atoms with E-state index in [2.05, 4.69) is 32.0 Å².